The number of allylic oxidation sites excluding steroid dienone is 1. The summed E-state index contributed by atoms with van der Waals surface area (Å²) >= 11 is 12.0. The molecule has 0 amide bonds. The van der Waals surface area contributed by atoms with Gasteiger partial charge in [0.2, 0.25) is 0 Å². The van der Waals surface area contributed by atoms with E-state index in [1.54, 1.807) is 18.2 Å². The summed E-state index contributed by atoms with van der Waals surface area (Å²) in [6.07, 6.45) is 3.20. The van der Waals surface area contributed by atoms with E-state index in [1.165, 1.54) is 6.08 Å². The van der Waals surface area contributed by atoms with Crippen LogP contribution in [0, 0.1) is 0 Å². The Kier molecular flexibility index (Phi) is 4.85. The molecule has 0 fully saturated rings. The average molecular weight is 393 g/mol. The second-order valence-electron chi connectivity index (χ2n) is 6.06. The fourth-order valence-electron chi connectivity index (χ4n) is 2.93. The SMILES string of the molecule is O=C(/C=C/c1ccc(-c2ccc(Cl)c(Cl)c2)o1)c1cccc2ccccc12. The van der Waals surface area contributed by atoms with Crippen LogP contribution in [0.4, 0.5) is 0 Å². The average Bonchev–Trinajstić information content (AvgIpc) is 3.17. The maximum Gasteiger partial charge on any atom is 0.186 e. The van der Waals surface area contributed by atoms with Crippen LogP contribution < -0.4 is 0 Å². The number of furan rings is 1. The molecule has 0 radical (unpaired) electrons. The quantitative estimate of drug-likeness (QED) is 0.269. The van der Waals surface area contributed by atoms with Crippen LogP contribution in [0.1, 0.15) is 16.1 Å². The number of fused-ring (bicyclic) bond motifs is 1. The number of hydrogen-bond donors (Lipinski definition) is 0. The predicted molar refractivity (Wildman–Crippen MR) is 111 cm³/mol. The zero-order valence-electron chi connectivity index (χ0n) is 14.2. The molecule has 1 aromatic heterocycles. The van der Waals surface area contributed by atoms with Crippen LogP contribution in [0.15, 0.2) is 83.3 Å². The molecular weight excluding hydrogens is 379 g/mol. The lowest BCUT2D eigenvalue weighted by Crippen LogP contribution is -1.95. The molecule has 3 aromatic carbocycles. The van der Waals surface area contributed by atoms with Gasteiger partial charge in [-0.25, -0.2) is 0 Å². The van der Waals surface area contributed by atoms with Gasteiger partial charge in [0.25, 0.3) is 0 Å². The smallest absolute Gasteiger partial charge is 0.186 e. The first-order chi connectivity index (χ1) is 13.1. The normalized spacial score (nSPS) is 11.3. The molecule has 0 unspecified atom stereocenters. The molecule has 0 spiro atoms. The monoisotopic (exact) mass is 392 g/mol. The van der Waals surface area contributed by atoms with Crippen molar-refractivity contribution in [3.63, 3.8) is 0 Å². The lowest BCUT2D eigenvalue weighted by Gasteiger charge is -2.02. The number of halogens is 2. The Bertz CT molecular complexity index is 1170. The minimum Gasteiger partial charge on any atom is -0.457 e. The van der Waals surface area contributed by atoms with Crippen LogP contribution in [-0.4, -0.2) is 5.78 Å². The molecule has 1 heterocycles. The van der Waals surface area contributed by atoms with E-state index in [0.29, 0.717) is 27.1 Å². The molecule has 0 aliphatic carbocycles. The molecule has 0 N–H and O–H groups in total. The van der Waals surface area contributed by atoms with Crippen molar-refractivity contribution in [1.29, 1.82) is 0 Å². The highest BCUT2D eigenvalue weighted by Crippen LogP contribution is 2.30. The van der Waals surface area contributed by atoms with Crippen molar-refractivity contribution in [3.8, 4) is 11.3 Å². The molecule has 0 saturated carbocycles. The second kappa shape index (κ2) is 7.43. The molecule has 0 aliphatic heterocycles. The summed E-state index contributed by atoms with van der Waals surface area (Å²) in [5, 5.41) is 2.93. The minimum absolute atomic E-state index is 0.0701. The highest BCUT2D eigenvalue weighted by atomic mass is 35.5. The number of rotatable bonds is 4. The number of hydrogen-bond acceptors (Lipinski definition) is 2. The van der Waals surface area contributed by atoms with Crippen molar-refractivity contribution in [1.82, 2.24) is 0 Å². The van der Waals surface area contributed by atoms with Gasteiger partial charge >= 0.3 is 0 Å². The summed E-state index contributed by atoms with van der Waals surface area (Å²) in [5.41, 5.74) is 1.49. The largest absolute Gasteiger partial charge is 0.457 e. The van der Waals surface area contributed by atoms with Crippen LogP contribution in [-0.2, 0) is 0 Å². The van der Waals surface area contributed by atoms with Gasteiger partial charge in [-0.15, -0.1) is 0 Å². The molecule has 2 nitrogen and oxygen atoms in total. The fourth-order valence-corrected chi connectivity index (χ4v) is 3.23. The number of ketones is 1. The summed E-state index contributed by atoms with van der Waals surface area (Å²) in [6, 6.07) is 22.5. The van der Waals surface area contributed by atoms with Gasteiger partial charge in [0.1, 0.15) is 11.5 Å². The Morgan fingerprint density at radius 3 is 2.52 bits per heavy atom. The third-order valence-electron chi connectivity index (χ3n) is 4.28. The van der Waals surface area contributed by atoms with Crippen LogP contribution in [0.25, 0.3) is 28.2 Å². The third kappa shape index (κ3) is 3.68. The van der Waals surface area contributed by atoms with Crippen LogP contribution >= 0.6 is 23.2 Å². The predicted octanol–water partition coefficient (Wildman–Crippen LogP) is 7.30. The van der Waals surface area contributed by atoms with Crippen LogP contribution in [0.3, 0.4) is 0 Å². The summed E-state index contributed by atoms with van der Waals surface area (Å²) in [4.78, 5) is 12.6. The lowest BCUT2D eigenvalue weighted by molar-refractivity contribution is 0.104. The Morgan fingerprint density at radius 1 is 0.852 bits per heavy atom. The fraction of sp³-hybridized carbons (Fsp3) is 0. The van der Waals surface area contributed by atoms with Crippen molar-refractivity contribution >= 4 is 45.8 Å². The van der Waals surface area contributed by atoms with Gasteiger partial charge in [-0.05, 0) is 53.3 Å². The molecule has 0 atom stereocenters. The molecular formula is C23H14Cl2O2. The van der Waals surface area contributed by atoms with Crippen molar-refractivity contribution < 1.29 is 9.21 Å². The number of carbonyl (C=O) groups is 1. The minimum atomic E-state index is -0.0701. The number of carbonyl (C=O) groups excluding carboxylic acids is 1. The van der Waals surface area contributed by atoms with Crippen molar-refractivity contribution in [2.45, 2.75) is 0 Å². The maximum atomic E-state index is 12.6. The zero-order chi connectivity index (χ0) is 18.8. The van der Waals surface area contributed by atoms with Crippen LogP contribution in [0.5, 0.6) is 0 Å². The van der Waals surface area contributed by atoms with E-state index < -0.39 is 0 Å². The Balaban J connectivity index is 1.59. The molecule has 0 bridgehead atoms. The first-order valence-corrected chi connectivity index (χ1v) is 9.13. The van der Waals surface area contributed by atoms with Gasteiger partial charge in [-0.1, -0.05) is 65.7 Å². The standard InChI is InChI=1S/C23H14Cl2O2/c24-20-11-8-16(14-21(20)25)23-13-10-17(27-23)9-12-22(26)19-7-3-5-15-4-1-2-6-18(15)19/h1-14H/b12-9+. The molecule has 0 saturated heterocycles. The first kappa shape index (κ1) is 17.6. The van der Waals surface area contributed by atoms with E-state index in [-0.39, 0.29) is 5.78 Å². The van der Waals surface area contributed by atoms with Gasteiger partial charge in [0, 0.05) is 11.1 Å². The molecule has 4 aromatic rings. The summed E-state index contributed by atoms with van der Waals surface area (Å²) < 4.78 is 5.80. The van der Waals surface area contributed by atoms with Gasteiger partial charge in [-0.3, -0.25) is 4.79 Å². The van der Waals surface area contributed by atoms with E-state index in [4.69, 9.17) is 27.6 Å². The van der Waals surface area contributed by atoms with Gasteiger partial charge in [-0.2, -0.15) is 0 Å². The molecule has 27 heavy (non-hydrogen) atoms. The van der Waals surface area contributed by atoms with Crippen molar-refractivity contribution in [2.75, 3.05) is 0 Å². The van der Waals surface area contributed by atoms with E-state index in [0.717, 1.165) is 16.3 Å². The Hall–Kier alpha value is -2.81. The Labute approximate surface area is 166 Å². The van der Waals surface area contributed by atoms with E-state index >= 15 is 0 Å². The maximum absolute atomic E-state index is 12.6. The molecule has 4 heteroatoms. The summed E-state index contributed by atoms with van der Waals surface area (Å²) in [5.74, 6) is 1.18. The zero-order valence-corrected chi connectivity index (χ0v) is 15.7. The lowest BCUT2D eigenvalue weighted by atomic mass is 10.0. The highest BCUT2D eigenvalue weighted by Gasteiger charge is 2.08. The molecule has 4 rings (SSSR count). The highest BCUT2D eigenvalue weighted by molar-refractivity contribution is 6.42. The van der Waals surface area contributed by atoms with Crippen LogP contribution in [0.2, 0.25) is 10.0 Å². The van der Waals surface area contributed by atoms with E-state index in [1.807, 2.05) is 60.7 Å². The van der Waals surface area contributed by atoms with Crippen molar-refractivity contribution in [2.24, 2.45) is 0 Å². The summed E-state index contributed by atoms with van der Waals surface area (Å²) in [6.45, 7) is 0. The first-order valence-electron chi connectivity index (χ1n) is 8.37. The van der Waals surface area contributed by atoms with Crippen molar-refractivity contribution in [3.05, 3.63) is 100 Å². The third-order valence-corrected chi connectivity index (χ3v) is 5.02. The summed E-state index contributed by atoms with van der Waals surface area (Å²) in [7, 11) is 0. The number of benzene rings is 3. The topological polar surface area (TPSA) is 30.2 Å². The second-order valence-corrected chi connectivity index (χ2v) is 6.87. The molecule has 0 aliphatic rings. The van der Waals surface area contributed by atoms with Gasteiger partial charge in [0.05, 0.1) is 10.0 Å². The van der Waals surface area contributed by atoms with Gasteiger partial charge in [0.15, 0.2) is 5.78 Å². The van der Waals surface area contributed by atoms with Gasteiger partial charge < -0.3 is 4.42 Å². The Morgan fingerprint density at radius 2 is 1.67 bits per heavy atom. The molecule has 132 valence electrons. The van der Waals surface area contributed by atoms with E-state index in [9.17, 15) is 4.79 Å². The van der Waals surface area contributed by atoms with E-state index in [2.05, 4.69) is 0 Å².